The molecule has 2 N–H and O–H groups in total. The molecule has 0 unspecified atom stereocenters. The summed E-state index contributed by atoms with van der Waals surface area (Å²) in [7, 11) is -3.61. The second kappa shape index (κ2) is 9.26. The average molecular weight is 376 g/mol. The molecule has 0 spiro atoms. The van der Waals surface area contributed by atoms with Crippen LogP contribution in [0.1, 0.15) is 25.3 Å². The molecule has 0 aliphatic carbocycles. The van der Waals surface area contributed by atoms with E-state index in [4.69, 9.17) is 0 Å². The number of unbranched alkanes of at least 4 members (excludes halogenated alkanes) is 1. The quantitative estimate of drug-likeness (QED) is 0.546. The number of carbonyl (C=O) groups is 1. The van der Waals surface area contributed by atoms with Gasteiger partial charge in [0.25, 0.3) is 0 Å². The van der Waals surface area contributed by atoms with Crippen LogP contribution in [0.2, 0.25) is 0 Å². The molecule has 0 radical (unpaired) electrons. The molecule has 1 amide bonds. The lowest BCUT2D eigenvalue weighted by atomic mass is 10.2. The SMILES string of the molecule is CCCCNS(=O)(=O)c1cccc(NC(=O)/C=C/c2cccc(F)c2)c1. The molecule has 0 atom stereocenters. The maximum Gasteiger partial charge on any atom is 0.248 e. The molecule has 0 saturated heterocycles. The van der Waals surface area contributed by atoms with Crippen molar-refractivity contribution in [1.29, 1.82) is 0 Å². The summed E-state index contributed by atoms with van der Waals surface area (Å²) in [6, 6.07) is 11.8. The van der Waals surface area contributed by atoms with Gasteiger partial charge < -0.3 is 5.32 Å². The van der Waals surface area contributed by atoms with Crippen LogP contribution in [0.5, 0.6) is 0 Å². The number of anilines is 1. The maximum absolute atomic E-state index is 13.1. The van der Waals surface area contributed by atoms with Crippen LogP contribution in [-0.2, 0) is 14.8 Å². The highest BCUT2D eigenvalue weighted by Gasteiger charge is 2.13. The number of benzene rings is 2. The Labute approximate surface area is 153 Å². The van der Waals surface area contributed by atoms with E-state index < -0.39 is 15.9 Å². The third kappa shape index (κ3) is 6.09. The number of halogens is 1. The van der Waals surface area contributed by atoms with Crippen LogP contribution < -0.4 is 10.0 Å². The summed E-state index contributed by atoms with van der Waals surface area (Å²) < 4.78 is 40.1. The first-order chi connectivity index (χ1) is 12.4. The number of nitrogens with one attached hydrogen (secondary N) is 2. The predicted molar refractivity (Wildman–Crippen MR) is 101 cm³/mol. The lowest BCUT2D eigenvalue weighted by molar-refractivity contribution is -0.111. The maximum atomic E-state index is 13.1. The van der Waals surface area contributed by atoms with Crippen molar-refractivity contribution < 1.29 is 17.6 Å². The van der Waals surface area contributed by atoms with Gasteiger partial charge in [-0.3, -0.25) is 4.79 Å². The molecule has 2 rings (SSSR count). The van der Waals surface area contributed by atoms with Crippen molar-refractivity contribution in [2.45, 2.75) is 24.7 Å². The fraction of sp³-hybridized carbons (Fsp3) is 0.211. The summed E-state index contributed by atoms with van der Waals surface area (Å²) >= 11 is 0. The van der Waals surface area contributed by atoms with Gasteiger partial charge in [0.15, 0.2) is 0 Å². The smallest absolute Gasteiger partial charge is 0.248 e. The van der Waals surface area contributed by atoms with Crippen LogP contribution >= 0.6 is 0 Å². The molecule has 2 aromatic carbocycles. The predicted octanol–water partition coefficient (Wildman–Crippen LogP) is 3.56. The largest absolute Gasteiger partial charge is 0.322 e. The second-order valence-electron chi connectivity index (χ2n) is 5.66. The Morgan fingerprint density at radius 3 is 2.65 bits per heavy atom. The van der Waals surface area contributed by atoms with Crippen molar-refractivity contribution in [3.05, 3.63) is 66.0 Å². The summed E-state index contributed by atoms with van der Waals surface area (Å²) in [5, 5.41) is 2.59. The van der Waals surface area contributed by atoms with E-state index in [9.17, 15) is 17.6 Å². The molecule has 0 aliphatic rings. The van der Waals surface area contributed by atoms with E-state index in [0.717, 1.165) is 12.8 Å². The minimum absolute atomic E-state index is 0.0838. The summed E-state index contributed by atoms with van der Waals surface area (Å²) in [5.41, 5.74) is 0.911. The number of rotatable bonds is 8. The topological polar surface area (TPSA) is 75.3 Å². The zero-order valence-electron chi connectivity index (χ0n) is 14.4. The standard InChI is InChI=1S/C19H21FN2O3S/c1-2-3-12-21-26(24,25)18-9-5-8-17(14-18)22-19(23)11-10-15-6-4-7-16(20)13-15/h4-11,13-14,21H,2-3,12H2,1H3,(H,22,23)/b11-10+. The Bertz CT molecular complexity index is 895. The van der Waals surface area contributed by atoms with Gasteiger partial charge in [-0.1, -0.05) is 31.5 Å². The van der Waals surface area contributed by atoms with Crippen molar-refractivity contribution in [3.8, 4) is 0 Å². The lowest BCUT2D eigenvalue weighted by Gasteiger charge is -2.08. The summed E-state index contributed by atoms with van der Waals surface area (Å²) in [6.07, 6.45) is 4.37. The lowest BCUT2D eigenvalue weighted by Crippen LogP contribution is -2.24. The highest BCUT2D eigenvalue weighted by atomic mass is 32.2. The molecule has 5 nitrogen and oxygen atoms in total. The van der Waals surface area contributed by atoms with Gasteiger partial charge in [0.05, 0.1) is 4.90 Å². The monoisotopic (exact) mass is 376 g/mol. The van der Waals surface area contributed by atoms with Crippen LogP contribution in [0.25, 0.3) is 6.08 Å². The molecule has 26 heavy (non-hydrogen) atoms. The average Bonchev–Trinajstić information content (AvgIpc) is 2.60. The van der Waals surface area contributed by atoms with E-state index in [1.54, 1.807) is 24.3 Å². The molecule has 0 aromatic heterocycles. The Kier molecular flexibility index (Phi) is 7.06. The van der Waals surface area contributed by atoms with Crippen molar-refractivity contribution in [3.63, 3.8) is 0 Å². The van der Waals surface area contributed by atoms with Gasteiger partial charge in [-0.05, 0) is 48.4 Å². The van der Waals surface area contributed by atoms with E-state index in [0.29, 0.717) is 17.8 Å². The van der Waals surface area contributed by atoms with Crippen LogP contribution in [0.3, 0.4) is 0 Å². The summed E-state index contributed by atoms with van der Waals surface area (Å²) in [4.78, 5) is 12.1. The normalized spacial score (nSPS) is 11.6. The molecule has 0 aliphatic heterocycles. The van der Waals surface area contributed by atoms with Gasteiger partial charge >= 0.3 is 0 Å². The molecule has 0 bridgehead atoms. The highest BCUT2D eigenvalue weighted by molar-refractivity contribution is 7.89. The second-order valence-corrected chi connectivity index (χ2v) is 7.42. The van der Waals surface area contributed by atoms with Crippen molar-refractivity contribution in [1.82, 2.24) is 4.72 Å². The van der Waals surface area contributed by atoms with Crippen LogP contribution in [0, 0.1) is 5.82 Å². The molecule has 0 saturated carbocycles. The number of amides is 1. The minimum Gasteiger partial charge on any atom is -0.322 e. The summed E-state index contributed by atoms with van der Waals surface area (Å²) in [6.45, 7) is 2.34. The number of hydrogen-bond donors (Lipinski definition) is 2. The van der Waals surface area contributed by atoms with Crippen LogP contribution in [0.15, 0.2) is 59.5 Å². The number of sulfonamides is 1. The number of carbonyl (C=O) groups excluding carboxylic acids is 1. The molecule has 7 heteroatoms. The molecule has 0 fully saturated rings. The van der Waals surface area contributed by atoms with Crippen LogP contribution in [0.4, 0.5) is 10.1 Å². The highest BCUT2D eigenvalue weighted by Crippen LogP contribution is 2.15. The first-order valence-corrected chi connectivity index (χ1v) is 9.73. The number of hydrogen-bond acceptors (Lipinski definition) is 3. The third-order valence-corrected chi connectivity index (χ3v) is 4.97. The van der Waals surface area contributed by atoms with Crippen molar-refractivity contribution in [2.24, 2.45) is 0 Å². The van der Waals surface area contributed by atoms with Crippen molar-refractivity contribution >= 4 is 27.7 Å². The van der Waals surface area contributed by atoms with Gasteiger partial charge in [-0.2, -0.15) is 0 Å². The molecule has 0 heterocycles. The van der Waals surface area contributed by atoms with E-state index in [1.807, 2.05) is 6.92 Å². The first kappa shape index (κ1) is 19.8. The Hall–Kier alpha value is -2.51. The minimum atomic E-state index is -3.61. The Morgan fingerprint density at radius 1 is 1.15 bits per heavy atom. The summed E-state index contributed by atoms with van der Waals surface area (Å²) in [5.74, 6) is -0.830. The van der Waals surface area contributed by atoms with E-state index >= 15 is 0 Å². The van der Waals surface area contributed by atoms with Gasteiger partial charge in [-0.25, -0.2) is 17.5 Å². The fourth-order valence-corrected chi connectivity index (χ4v) is 3.29. The van der Waals surface area contributed by atoms with Gasteiger partial charge in [0.2, 0.25) is 15.9 Å². The molecule has 2 aromatic rings. The first-order valence-electron chi connectivity index (χ1n) is 8.25. The zero-order valence-corrected chi connectivity index (χ0v) is 15.2. The molecular weight excluding hydrogens is 355 g/mol. The van der Waals surface area contributed by atoms with E-state index in [-0.39, 0.29) is 10.7 Å². The van der Waals surface area contributed by atoms with Gasteiger partial charge in [0.1, 0.15) is 5.82 Å². The third-order valence-electron chi connectivity index (χ3n) is 3.51. The fourth-order valence-electron chi connectivity index (χ4n) is 2.17. The van der Waals surface area contributed by atoms with Crippen molar-refractivity contribution in [2.75, 3.05) is 11.9 Å². The molecule has 138 valence electrons. The van der Waals surface area contributed by atoms with Gasteiger partial charge in [-0.15, -0.1) is 0 Å². The van der Waals surface area contributed by atoms with Gasteiger partial charge in [0, 0.05) is 18.3 Å². The van der Waals surface area contributed by atoms with E-state index in [1.165, 1.54) is 36.4 Å². The Balaban J connectivity index is 2.04. The zero-order chi connectivity index (χ0) is 19.0. The van der Waals surface area contributed by atoms with Crippen LogP contribution in [-0.4, -0.2) is 20.9 Å². The molecular formula is C19H21FN2O3S. The Morgan fingerprint density at radius 2 is 1.92 bits per heavy atom. The van der Waals surface area contributed by atoms with E-state index in [2.05, 4.69) is 10.0 Å².